The molecule has 0 aromatic heterocycles. The molecule has 0 saturated carbocycles. The molecule has 2 aliphatic rings. The number of ketones is 2. The Hall–Kier alpha value is -4.66. The molecule has 0 saturated heterocycles. The van der Waals surface area contributed by atoms with Crippen LogP contribution in [0.3, 0.4) is 0 Å². The van der Waals surface area contributed by atoms with Gasteiger partial charge in [0.1, 0.15) is 0 Å². The number of carbonyl (C=O) groups excluding carboxylic acids is 4. The molecule has 0 radical (unpaired) electrons. The molecular formula is C48H64O8. The lowest BCUT2D eigenvalue weighted by Gasteiger charge is -2.36. The van der Waals surface area contributed by atoms with E-state index in [1.807, 2.05) is 140 Å². The normalized spacial score (nSPS) is 22.8. The Morgan fingerprint density at radius 1 is 0.607 bits per heavy atom. The molecule has 8 heteroatoms. The van der Waals surface area contributed by atoms with Crippen molar-refractivity contribution in [3.63, 3.8) is 0 Å². The van der Waals surface area contributed by atoms with Crippen molar-refractivity contribution in [2.24, 2.45) is 10.8 Å². The molecule has 0 amide bonds. The molecule has 304 valence electrons. The summed E-state index contributed by atoms with van der Waals surface area (Å²) in [5.41, 5.74) is 6.46. The number of hydrogen-bond acceptors (Lipinski definition) is 8. The summed E-state index contributed by atoms with van der Waals surface area (Å²) >= 11 is 0. The zero-order valence-corrected chi connectivity index (χ0v) is 35.6. The summed E-state index contributed by atoms with van der Waals surface area (Å²) in [6.07, 6.45) is 25.2. The first-order valence-corrected chi connectivity index (χ1v) is 19.4. The number of aliphatic hydroxyl groups is 2. The first-order chi connectivity index (χ1) is 26.0. The van der Waals surface area contributed by atoms with Crippen LogP contribution in [0.2, 0.25) is 0 Å². The molecule has 2 N–H and O–H groups in total. The van der Waals surface area contributed by atoms with Gasteiger partial charge >= 0.3 is 11.9 Å². The van der Waals surface area contributed by atoms with Crippen LogP contribution in [-0.2, 0) is 28.7 Å². The summed E-state index contributed by atoms with van der Waals surface area (Å²) in [7, 11) is 0. The topological polar surface area (TPSA) is 127 Å². The summed E-state index contributed by atoms with van der Waals surface area (Å²) < 4.78 is 10.8. The van der Waals surface area contributed by atoms with Crippen molar-refractivity contribution in [3.05, 3.63) is 130 Å². The van der Waals surface area contributed by atoms with Crippen LogP contribution in [0.4, 0.5) is 0 Å². The van der Waals surface area contributed by atoms with Crippen LogP contribution in [0.15, 0.2) is 130 Å². The van der Waals surface area contributed by atoms with Crippen LogP contribution in [0.5, 0.6) is 0 Å². The molecule has 0 spiro atoms. The minimum Gasteiger partial charge on any atom is -0.454 e. The van der Waals surface area contributed by atoms with Crippen LogP contribution in [0, 0.1) is 10.8 Å². The number of esters is 2. The summed E-state index contributed by atoms with van der Waals surface area (Å²) in [5.74, 6) is -1.53. The highest BCUT2D eigenvalue weighted by molar-refractivity contribution is 6.02. The van der Waals surface area contributed by atoms with Crippen LogP contribution in [0.1, 0.15) is 109 Å². The lowest BCUT2D eigenvalue weighted by molar-refractivity contribution is -0.158. The molecule has 0 fully saturated rings. The van der Waals surface area contributed by atoms with E-state index in [0.29, 0.717) is 24.0 Å². The molecule has 2 aliphatic carbocycles. The van der Waals surface area contributed by atoms with Gasteiger partial charge in [-0.25, -0.2) is 0 Å². The van der Waals surface area contributed by atoms with E-state index in [2.05, 4.69) is 0 Å². The fraction of sp³-hybridized carbons (Fsp3) is 0.458. The highest BCUT2D eigenvalue weighted by Gasteiger charge is 2.41. The van der Waals surface area contributed by atoms with Crippen LogP contribution >= 0.6 is 0 Å². The standard InChI is InChI=1S/C48H64O8/c1-31(19-15-21-33(3)23-25-39-37(7)45(53)41(29-47(39,9)10)55-43(51)27-35(5)49)17-13-14-18-32(2)20-16-22-34(4)24-26-40-38(8)46(54)42(30-48(40,11)12)56-44(52)28-36(6)50/h13-26,35-36,41-42,49-50H,27-30H2,1-12H3/b14-13+,19-15+,20-16+,25-23+,26-24+,31-17+,32-18+,33-21+,34-22+/t35-,36-,41+,42+/m1/s1. The molecule has 0 aliphatic heterocycles. The first-order valence-electron chi connectivity index (χ1n) is 19.4. The number of ether oxygens (including phenoxy) is 2. The lowest BCUT2D eigenvalue weighted by Crippen LogP contribution is -2.39. The number of hydrogen-bond donors (Lipinski definition) is 2. The number of aliphatic hydroxyl groups excluding tert-OH is 2. The summed E-state index contributed by atoms with van der Waals surface area (Å²) in [4.78, 5) is 50.2. The van der Waals surface area contributed by atoms with E-state index < -0.39 is 36.4 Å². The highest BCUT2D eigenvalue weighted by Crippen LogP contribution is 2.42. The van der Waals surface area contributed by atoms with Crippen molar-refractivity contribution >= 4 is 23.5 Å². The summed E-state index contributed by atoms with van der Waals surface area (Å²) in [5, 5.41) is 18.9. The summed E-state index contributed by atoms with van der Waals surface area (Å²) in [6, 6.07) is 0. The molecule has 2 rings (SSSR count). The Labute approximate surface area is 335 Å². The quantitative estimate of drug-likeness (QED) is 0.117. The van der Waals surface area contributed by atoms with Crippen LogP contribution in [0.25, 0.3) is 0 Å². The van der Waals surface area contributed by atoms with E-state index in [4.69, 9.17) is 9.47 Å². The summed E-state index contributed by atoms with van der Waals surface area (Å²) in [6.45, 7) is 22.8. The van der Waals surface area contributed by atoms with E-state index in [0.717, 1.165) is 33.4 Å². The third-order valence-electron chi connectivity index (χ3n) is 9.74. The van der Waals surface area contributed by atoms with Gasteiger partial charge in [-0.05, 0) is 88.5 Å². The van der Waals surface area contributed by atoms with E-state index >= 15 is 0 Å². The van der Waals surface area contributed by atoms with Crippen molar-refractivity contribution < 1.29 is 38.9 Å². The van der Waals surface area contributed by atoms with E-state index in [1.54, 1.807) is 13.8 Å². The molecule has 0 aromatic rings. The van der Waals surface area contributed by atoms with Gasteiger partial charge in [-0.15, -0.1) is 0 Å². The Morgan fingerprint density at radius 3 is 1.23 bits per heavy atom. The zero-order chi connectivity index (χ0) is 42.4. The molecule has 4 atom stereocenters. The molecule has 0 unspecified atom stereocenters. The van der Waals surface area contributed by atoms with Gasteiger partial charge < -0.3 is 19.7 Å². The SMILES string of the molecule is CC1=C(/C=C/C(C)=C/C=C/C(C)=C/C=C/C=C(C)/C=C/C=C(C)/C=C/C2=C(C)C(=O)[C@@H](OC(=O)C[C@@H](C)O)CC2(C)C)C(C)(C)C[C@H](OC(=O)C[C@@H](C)O)C1=O. The number of carbonyl (C=O) groups is 4. The Kier molecular flexibility index (Phi) is 18.3. The maximum absolute atomic E-state index is 13.0. The van der Waals surface area contributed by atoms with Gasteiger partial charge in [0.25, 0.3) is 0 Å². The average molecular weight is 769 g/mol. The zero-order valence-electron chi connectivity index (χ0n) is 35.6. The van der Waals surface area contributed by atoms with E-state index in [-0.39, 0.29) is 35.2 Å². The molecule has 56 heavy (non-hydrogen) atoms. The second kappa shape index (κ2) is 21.6. The van der Waals surface area contributed by atoms with E-state index in [1.165, 1.54) is 13.8 Å². The van der Waals surface area contributed by atoms with Crippen molar-refractivity contribution in [2.45, 2.75) is 133 Å². The van der Waals surface area contributed by atoms with Gasteiger partial charge in [0, 0.05) is 12.8 Å². The smallest absolute Gasteiger partial charge is 0.309 e. The minimum atomic E-state index is -0.841. The van der Waals surface area contributed by atoms with Gasteiger partial charge in [-0.3, -0.25) is 19.2 Å². The number of rotatable bonds is 16. The highest BCUT2D eigenvalue weighted by atomic mass is 16.6. The lowest BCUT2D eigenvalue weighted by atomic mass is 9.71. The van der Waals surface area contributed by atoms with Gasteiger partial charge in [0.15, 0.2) is 23.8 Å². The first kappa shape index (κ1) is 47.5. The van der Waals surface area contributed by atoms with Crippen molar-refractivity contribution in [2.75, 3.05) is 0 Å². The Balaban J connectivity index is 1.98. The Morgan fingerprint density at radius 2 is 0.911 bits per heavy atom. The third kappa shape index (κ3) is 15.5. The minimum absolute atomic E-state index is 0.139. The largest absolute Gasteiger partial charge is 0.454 e. The molecule has 0 heterocycles. The number of allylic oxidation sites excluding steroid dienone is 20. The van der Waals surface area contributed by atoms with Crippen LogP contribution in [-0.4, -0.2) is 58.1 Å². The monoisotopic (exact) mass is 768 g/mol. The fourth-order valence-corrected chi connectivity index (χ4v) is 6.65. The maximum Gasteiger partial charge on any atom is 0.309 e. The van der Waals surface area contributed by atoms with Gasteiger partial charge in [0.05, 0.1) is 25.0 Å². The number of Topliss-reactive ketones (excluding diaryl/α,β-unsaturated/α-hetero) is 2. The van der Waals surface area contributed by atoms with E-state index in [9.17, 15) is 29.4 Å². The predicted octanol–water partition coefficient (Wildman–Crippen LogP) is 9.55. The van der Waals surface area contributed by atoms with Crippen molar-refractivity contribution in [1.29, 1.82) is 0 Å². The van der Waals surface area contributed by atoms with Gasteiger partial charge in [0.2, 0.25) is 0 Å². The second-order valence-electron chi connectivity index (χ2n) is 16.5. The van der Waals surface area contributed by atoms with Crippen molar-refractivity contribution in [1.82, 2.24) is 0 Å². The van der Waals surface area contributed by atoms with Gasteiger partial charge in [-0.2, -0.15) is 0 Å². The molecule has 8 nitrogen and oxygen atoms in total. The third-order valence-corrected chi connectivity index (χ3v) is 9.74. The molecule has 0 aromatic carbocycles. The fourth-order valence-electron chi connectivity index (χ4n) is 6.65. The molecular weight excluding hydrogens is 705 g/mol. The predicted molar refractivity (Wildman–Crippen MR) is 225 cm³/mol. The van der Waals surface area contributed by atoms with Gasteiger partial charge in [-0.1, -0.05) is 135 Å². The Bertz CT molecular complexity index is 1690. The van der Waals surface area contributed by atoms with Crippen LogP contribution < -0.4 is 0 Å². The average Bonchev–Trinajstić information content (AvgIpc) is 3.06. The maximum atomic E-state index is 13.0. The van der Waals surface area contributed by atoms with Crippen molar-refractivity contribution in [3.8, 4) is 0 Å². The molecule has 0 bridgehead atoms. The second-order valence-corrected chi connectivity index (χ2v) is 16.5.